The maximum Gasteiger partial charge on any atom is 0.322 e. The summed E-state index contributed by atoms with van der Waals surface area (Å²) in [5, 5.41) is 3.78. The summed E-state index contributed by atoms with van der Waals surface area (Å²) in [4.78, 5) is 35.4. The Morgan fingerprint density at radius 1 is 1.06 bits per heavy atom. The summed E-state index contributed by atoms with van der Waals surface area (Å²) >= 11 is 6.09. The summed E-state index contributed by atoms with van der Waals surface area (Å²) in [6.45, 7) is 2.74. The Morgan fingerprint density at radius 2 is 1.78 bits per heavy atom. The van der Waals surface area contributed by atoms with Crippen molar-refractivity contribution in [1.82, 2.24) is 19.4 Å². The highest BCUT2D eigenvalue weighted by atomic mass is 35.5. The molecule has 4 rings (SSSR count). The molecule has 3 aromatic carbocycles. The SMILES string of the molecule is CC(c1nc2ccccc2c(=O)n1-c1ccc(Cl)cc1)N(CCN(C)C)C(=O)Nc1cccc(F)c1. The third-order valence-corrected chi connectivity index (χ3v) is 6.10. The van der Waals surface area contributed by atoms with Crippen LogP contribution in [0.2, 0.25) is 5.02 Å². The number of hydrogen-bond acceptors (Lipinski definition) is 4. The van der Waals surface area contributed by atoms with E-state index in [9.17, 15) is 14.0 Å². The molecule has 1 atom stereocenters. The van der Waals surface area contributed by atoms with Crippen LogP contribution in [0, 0.1) is 5.82 Å². The molecule has 0 spiro atoms. The molecule has 1 aromatic heterocycles. The second-order valence-electron chi connectivity index (χ2n) is 8.72. The van der Waals surface area contributed by atoms with Gasteiger partial charge in [0.05, 0.1) is 22.6 Å². The van der Waals surface area contributed by atoms with Crippen LogP contribution in [0.1, 0.15) is 18.8 Å². The van der Waals surface area contributed by atoms with E-state index in [0.29, 0.717) is 46.2 Å². The second kappa shape index (κ2) is 10.9. The van der Waals surface area contributed by atoms with Crippen LogP contribution < -0.4 is 10.9 Å². The fraction of sp³-hybridized carbons (Fsp3) is 0.222. The molecule has 2 amide bonds. The van der Waals surface area contributed by atoms with Crippen molar-refractivity contribution < 1.29 is 9.18 Å². The van der Waals surface area contributed by atoms with Gasteiger partial charge in [0, 0.05) is 23.8 Å². The third-order valence-electron chi connectivity index (χ3n) is 5.85. The number of nitrogens with zero attached hydrogens (tertiary/aromatic N) is 4. The number of amides is 2. The fourth-order valence-corrected chi connectivity index (χ4v) is 4.08. The van der Waals surface area contributed by atoms with Crippen molar-refractivity contribution in [3.8, 4) is 5.69 Å². The zero-order chi connectivity index (χ0) is 25.8. The first kappa shape index (κ1) is 25.3. The molecule has 0 radical (unpaired) electrons. The lowest BCUT2D eigenvalue weighted by Gasteiger charge is -2.31. The molecule has 0 saturated carbocycles. The van der Waals surface area contributed by atoms with Gasteiger partial charge in [-0.25, -0.2) is 14.2 Å². The first-order chi connectivity index (χ1) is 17.2. The highest BCUT2D eigenvalue weighted by Gasteiger charge is 2.27. The maximum absolute atomic E-state index is 13.7. The molecule has 1 heterocycles. The lowest BCUT2D eigenvalue weighted by atomic mass is 10.2. The molecule has 4 aromatic rings. The Labute approximate surface area is 213 Å². The summed E-state index contributed by atoms with van der Waals surface area (Å²) in [6, 6.07) is 18.7. The number of fused-ring (bicyclic) bond motifs is 1. The lowest BCUT2D eigenvalue weighted by Crippen LogP contribution is -2.43. The van der Waals surface area contributed by atoms with Gasteiger partial charge >= 0.3 is 6.03 Å². The number of anilines is 1. The van der Waals surface area contributed by atoms with Crippen LogP contribution in [-0.2, 0) is 0 Å². The van der Waals surface area contributed by atoms with Gasteiger partial charge in [0.15, 0.2) is 0 Å². The van der Waals surface area contributed by atoms with E-state index in [1.807, 2.05) is 32.0 Å². The molecule has 7 nitrogen and oxygen atoms in total. The predicted molar refractivity (Wildman–Crippen MR) is 141 cm³/mol. The van der Waals surface area contributed by atoms with Crippen LogP contribution >= 0.6 is 11.6 Å². The van der Waals surface area contributed by atoms with E-state index in [0.717, 1.165) is 0 Å². The van der Waals surface area contributed by atoms with Crippen LogP contribution in [0.5, 0.6) is 0 Å². The van der Waals surface area contributed by atoms with E-state index in [1.54, 1.807) is 53.4 Å². The predicted octanol–water partition coefficient (Wildman–Crippen LogP) is 5.33. The summed E-state index contributed by atoms with van der Waals surface area (Å²) in [7, 11) is 3.82. The van der Waals surface area contributed by atoms with Crippen molar-refractivity contribution in [2.24, 2.45) is 0 Å². The van der Waals surface area contributed by atoms with Gasteiger partial charge in [-0.1, -0.05) is 29.8 Å². The average Bonchev–Trinajstić information content (AvgIpc) is 2.84. The van der Waals surface area contributed by atoms with E-state index in [4.69, 9.17) is 16.6 Å². The second-order valence-corrected chi connectivity index (χ2v) is 9.15. The van der Waals surface area contributed by atoms with Gasteiger partial charge in [-0.3, -0.25) is 9.36 Å². The highest BCUT2D eigenvalue weighted by molar-refractivity contribution is 6.30. The maximum atomic E-state index is 13.7. The standard InChI is InChI=1S/C27H27ClFN5O2/c1-18(33(16-15-32(2)3)27(36)30-21-8-6-7-20(29)17-21)25-31-24-10-5-4-9-23(24)26(35)34(25)22-13-11-19(28)12-14-22/h4-14,17-18H,15-16H2,1-3H3,(H,30,36). The van der Waals surface area contributed by atoms with E-state index >= 15 is 0 Å². The zero-order valence-corrected chi connectivity index (χ0v) is 21.0. The van der Waals surface area contributed by atoms with E-state index in [1.165, 1.54) is 22.8 Å². The van der Waals surface area contributed by atoms with Crippen molar-refractivity contribution in [2.75, 3.05) is 32.5 Å². The highest BCUT2D eigenvalue weighted by Crippen LogP contribution is 2.24. The molecule has 0 saturated heterocycles. The molecule has 0 fully saturated rings. The summed E-state index contributed by atoms with van der Waals surface area (Å²) in [6.07, 6.45) is 0. The average molecular weight is 508 g/mol. The van der Waals surface area contributed by atoms with Gasteiger partial charge in [-0.2, -0.15) is 0 Å². The number of para-hydroxylation sites is 1. The molecular formula is C27H27ClFN5O2. The minimum absolute atomic E-state index is 0.247. The number of carbonyl (C=O) groups excluding carboxylic acids is 1. The first-order valence-corrected chi connectivity index (χ1v) is 11.9. The van der Waals surface area contributed by atoms with Gasteiger partial charge in [-0.05, 0) is 75.6 Å². The van der Waals surface area contributed by atoms with Crippen molar-refractivity contribution in [3.05, 3.63) is 99.8 Å². The lowest BCUT2D eigenvalue weighted by molar-refractivity contribution is 0.181. The van der Waals surface area contributed by atoms with Crippen molar-refractivity contribution in [1.29, 1.82) is 0 Å². The summed E-state index contributed by atoms with van der Waals surface area (Å²) in [5.41, 5.74) is 1.21. The minimum Gasteiger partial charge on any atom is -0.313 e. The van der Waals surface area contributed by atoms with Crippen LogP contribution in [0.15, 0.2) is 77.6 Å². The molecule has 0 bridgehead atoms. The number of hydrogen-bond donors (Lipinski definition) is 1. The quantitative estimate of drug-likeness (QED) is 0.367. The topological polar surface area (TPSA) is 70.5 Å². The van der Waals surface area contributed by atoms with Crippen LogP contribution in [0.4, 0.5) is 14.9 Å². The van der Waals surface area contributed by atoms with Gasteiger partial charge in [0.2, 0.25) is 0 Å². The smallest absolute Gasteiger partial charge is 0.313 e. The molecular weight excluding hydrogens is 481 g/mol. The Balaban J connectivity index is 1.82. The minimum atomic E-state index is -0.605. The Kier molecular flexibility index (Phi) is 7.67. The van der Waals surface area contributed by atoms with Crippen LogP contribution in [-0.4, -0.2) is 52.6 Å². The molecule has 36 heavy (non-hydrogen) atoms. The molecule has 1 N–H and O–H groups in total. The summed E-state index contributed by atoms with van der Waals surface area (Å²) in [5.74, 6) is -0.0531. The number of likely N-dealkylation sites (N-methyl/N-ethyl adjacent to an activating group) is 1. The Hall–Kier alpha value is -3.75. The number of rotatable bonds is 7. The van der Waals surface area contributed by atoms with Crippen molar-refractivity contribution >= 4 is 34.2 Å². The molecule has 1 unspecified atom stereocenters. The largest absolute Gasteiger partial charge is 0.322 e. The van der Waals surface area contributed by atoms with Crippen molar-refractivity contribution in [3.63, 3.8) is 0 Å². The third kappa shape index (κ3) is 5.56. The summed E-state index contributed by atoms with van der Waals surface area (Å²) < 4.78 is 15.2. The van der Waals surface area contributed by atoms with Gasteiger partial charge in [-0.15, -0.1) is 0 Å². The number of aromatic nitrogens is 2. The van der Waals surface area contributed by atoms with Gasteiger partial charge in [0.25, 0.3) is 5.56 Å². The molecule has 0 aliphatic heterocycles. The normalized spacial score (nSPS) is 12.1. The zero-order valence-electron chi connectivity index (χ0n) is 20.3. The first-order valence-electron chi connectivity index (χ1n) is 11.5. The fourth-order valence-electron chi connectivity index (χ4n) is 3.95. The van der Waals surface area contributed by atoms with E-state index < -0.39 is 17.9 Å². The van der Waals surface area contributed by atoms with Crippen molar-refractivity contribution in [2.45, 2.75) is 13.0 Å². The van der Waals surface area contributed by atoms with Crippen LogP contribution in [0.3, 0.4) is 0 Å². The molecule has 0 aliphatic carbocycles. The van der Waals surface area contributed by atoms with E-state index in [2.05, 4.69) is 5.32 Å². The number of halogens is 2. The molecule has 0 aliphatic rings. The number of urea groups is 1. The van der Waals surface area contributed by atoms with E-state index in [-0.39, 0.29) is 5.56 Å². The Morgan fingerprint density at radius 3 is 2.47 bits per heavy atom. The number of nitrogens with one attached hydrogen (secondary N) is 1. The monoisotopic (exact) mass is 507 g/mol. The van der Waals surface area contributed by atoms with Gasteiger partial charge in [0.1, 0.15) is 11.6 Å². The molecule has 186 valence electrons. The van der Waals surface area contributed by atoms with Crippen LogP contribution in [0.25, 0.3) is 16.6 Å². The Bertz CT molecular complexity index is 1440. The van der Waals surface area contributed by atoms with Gasteiger partial charge < -0.3 is 15.1 Å². The molecule has 9 heteroatoms. The number of benzene rings is 3. The number of carbonyl (C=O) groups is 1.